The van der Waals surface area contributed by atoms with Gasteiger partial charge in [0.25, 0.3) is 0 Å². The number of rotatable bonds is 5. The van der Waals surface area contributed by atoms with Crippen LogP contribution in [0.15, 0.2) is 59.4 Å². The summed E-state index contributed by atoms with van der Waals surface area (Å²) in [5.41, 5.74) is 1.60. The average Bonchev–Trinajstić information content (AvgIpc) is 2.84. The highest BCUT2D eigenvalue weighted by atomic mass is 32.1. The zero-order chi connectivity index (χ0) is 16.2. The van der Waals surface area contributed by atoms with Crippen LogP contribution < -0.4 is 26.1 Å². The lowest BCUT2D eigenvalue weighted by Crippen LogP contribution is -2.23. The van der Waals surface area contributed by atoms with Crippen LogP contribution >= 0.6 is 11.3 Å². The number of aromatic nitrogens is 1. The van der Waals surface area contributed by atoms with E-state index in [9.17, 15) is 4.79 Å². The molecule has 118 valence electrons. The predicted octanol–water partition coefficient (Wildman–Crippen LogP) is 3.12. The van der Waals surface area contributed by atoms with Gasteiger partial charge < -0.3 is 21.2 Å². The number of hydrogen-bond donors (Lipinski definition) is 3. The van der Waals surface area contributed by atoms with E-state index >= 15 is 0 Å². The molecule has 6 nitrogen and oxygen atoms in total. The van der Waals surface area contributed by atoms with Crippen LogP contribution in [0.5, 0.6) is 5.75 Å². The molecule has 7 heteroatoms. The highest BCUT2D eigenvalue weighted by Crippen LogP contribution is 2.33. The van der Waals surface area contributed by atoms with Gasteiger partial charge in [-0.05, 0) is 24.3 Å². The van der Waals surface area contributed by atoms with Crippen molar-refractivity contribution in [1.29, 1.82) is 0 Å². The monoisotopic (exact) mass is 328 g/mol. The zero-order valence-corrected chi connectivity index (χ0v) is 13.3. The summed E-state index contributed by atoms with van der Waals surface area (Å²) >= 11 is 1.04. The molecule has 0 aliphatic rings. The van der Waals surface area contributed by atoms with Gasteiger partial charge in [-0.2, -0.15) is 4.68 Å². The number of nitrogen functional groups attached to an aromatic ring is 1. The van der Waals surface area contributed by atoms with Crippen LogP contribution in [0.4, 0.5) is 22.2 Å². The minimum Gasteiger partial charge on any atom is -0.495 e. The summed E-state index contributed by atoms with van der Waals surface area (Å²) in [6.07, 6.45) is 0. The number of methoxy groups -OCH3 is 1. The third-order valence-corrected chi connectivity index (χ3v) is 4.10. The molecule has 4 N–H and O–H groups in total. The molecule has 0 aliphatic heterocycles. The van der Waals surface area contributed by atoms with Gasteiger partial charge in [-0.3, -0.25) is 4.79 Å². The Labute approximate surface area is 137 Å². The maximum absolute atomic E-state index is 11.9. The second-order valence-corrected chi connectivity index (χ2v) is 5.69. The molecular formula is C16H16N4O2S. The van der Waals surface area contributed by atoms with E-state index in [1.165, 1.54) is 0 Å². The Morgan fingerprint density at radius 3 is 2.48 bits per heavy atom. The topological polar surface area (TPSA) is 81.3 Å². The van der Waals surface area contributed by atoms with Crippen LogP contribution in [0.25, 0.3) is 0 Å². The largest absolute Gasteiger partial charge is 0.495 e. The first-order valence-corrected chi connectivity index (χ1v) is 7.73. The number of para-hydroxylation sites is 3. The molecule has 3 rings (SSSR count). The lowest BCUT2D eigenvalue weighted by atomic mass is 10.3. The van der Waals surface area contributed by atoms with Crippen molar-refractivity contribution in [3.63, 3.8) is 0 Å². The van der Waals surface area contributed by atoms with E-state index in [-0.39, 0.29) is 4.87 Å². The molecule has 3 aromatic rings. The molecule has 2 aromatic carbocycles. The number of anilines is 4. The van der Waals surface area contributed by atoms with Crippen LogP contribution in [-0.4, -0.2) is 11.8 Å². The smallest absolute Gasteiger partial charge is 0.329 e. The van der Waals surface area contributed by atoms with Gasteiger partial charge in [0.1, 0.15) is 10.8 Å². The minimum absolute atomic E-state index is 0.263. The molecule has 1 aromatic heterocycles. The van der Waals surface area contributed by atoms with Gasteiger partial charge in [0, 0.05) is 5.69 Å². The van der Waals surface area contributed by atoms with Crippen molar-refractivity contribution in [1.82, 2.24) is 4.68 Å². The molecule has 0 saturated heterocycles. The fourth-order valence-corrected chi connectivity index (χ4v) is 2.89. The summed E-state index contributed by atoms with van der Waals surface area (Å²) < 4.78 is 6.40. The molecule has 0 fully saturated rings. The molecule has 23 heavy (non-hydrogen) atoms. The van der Waals surface area contributed by atoms with Crippen LogP contribution in [0, 0.1) is 0 Å². The van der Waals surface area contributed by atoms with E-state index in [4.69, 9.17) is 10.6 Å². The van der Waals surface area contributed by atoms with Gasteiger partial charge in [-0.15, -0.1) is 0 Å². The third-order valence-electron chi connectivity index (χ3n) is 3.23. The normalized spacial score (nSPS) is 10.3. The molecule has 1 heterocycles. The molecule has 0 amide bonds. The lowest BCUT2D eigenvalue weighted by Gasteiger charge is -2.13. The number of hydrogen-bond acceptors (Lipinski definition) is 6. The second-order valence-electron chi connectivity index (χ2n) is 4.73. The van der Waals surface area contributed by atoms with Gasteiger partial charge >= 0.3 is 4.87 Å². The van der Waals surface area contributed by atoms with Crippen molar-refractivity contribution >= 4 is 33.5 Å². The first-order valence-electron chi connectivity index (χ1n) is 6.92. The molecule has 0 saturated carbocycles. The van der Waals surface area contributed by atoms with E-state index in [1.54, 1.807) is 7.11 Å². The van der Waals surface area contributed by atoms with Crippen LogP contribution in [0.1, 0.15) is 0 Å². The fraction of sp³-hybridized carbons (Fsp3) is 0.0625. The first kappa shape index (κ1) is 15.0. The number of nitrogens with two attached hydrogens (primary N) is 1. The lowest BCUT2D eigenvalue weighted by molar-refractivity contribution is 0.417. The summed E-state index contributed by atoms with van der Waals surface area (Å²) in [5, 5.41) is 7.00. The summed E-state index contributed by atoms with van der Waals surface area (Å²) in [5.74, 6) is 7.01. The molecule has 0 spiro atoms. The molecule has 0 atom stereocenters. The maximum Gasteiger partial charge on any atom is 0.329 e. The van der Waals surface area contributed by atoms with Crippen LogP contribution in [0.3, 0.4) is 0 Å². The molecular weight excluding hydrogens is 312 g/mol. The Bertz CT molecular complexity index is 858. The minimum atomic E-state index is -0.263. The summed E-state index contributed by atoms with van der Waals surface area (Å²) in [4.78, 5) is 11.7. The number of nitrogens with zero attached hydrogens (tertiary/aromatic N) is 1. The van der Waals surface area contributed by atoms with Crippen LogP contribution in [-0.2, 0) is 0 Å². The van der Waals surface area contributed by atoms with Crippen molar-refractivity contribution in [2.75, 3.05) is 23.6 Å². The highest BCUT2D eigenvalue weighted by molar-refractivity contribution is 7.14. The summed E-state index contributed by atoms with van der Waals surface area (Å²) in [6, 6.07) is 17.0. The summed E-state index contributed by atoms with van der Waals surface area (Å²) in [6.45, 7) is 0. The number of thiazole rings is 1. The van der Waals surface area contributed by atoms with Crippen LogP contribution in [0.2, 0.25) is 0 Å². The Morgan fingerprint density at radius 1 is 1.04 bits per heavy atom. The van der Waals surface area contributed by atoms with E-state index in [2.05, 4.69) is 10.6 Å². The van der Waals surface area contributed by atoms with Crippen molar-refractivity contribution in [3.05, 3.63) is 64.3 Å². The maximum atomic E-state index is 11.9. The number of nitrogens with one attached hydrogen (secondary N) is 2. The summed E-state index contributed by atoms with van der Waals surface area (Å²) in [7, 11) is 1.59. The highest BCUT2D eigenvalue weighted by Gasteiger charge is 2.15. The SMILES string of the molecule is COc1ccccc1Nc1c(Nc2ccccc2)sc(=O)n1N. The van der Waals surface area contributed by atoms with Gasteiger partial charge in [0.05, 0.1) is 12.8 Å². The quantitative estimate of drug-likeness (QED) is 0.627. The Hall–Kier alpha value is -2.93. The Morgan fingerprint density at radius 2 is 1.74 bits per heavy atom. The van der Waals surface area contributed by atoms with Gasteiger partial charge in [0.2, 0.25) is 0 Å². The standard InChI is InChI=1S/C16H16N4O2S/c1-22-13-10-6-5-9-12(13)19-14-15(23-16(21)20(14)17)18-11-7-3-2-4-8-11/h2-10,18-19H,17H2,1H3. The van der Waals surface area contributed by atoms with E-state index < -0.39 is 0 Å². The Balaban J connectivity index is 1.97. The molecule has 0 unspecified atom stereocenters. The average molecular weight is 328 g/mol. The van der Waals surface area contributed by atoms with Gasteiger partial charge in [0.15, 0.2) is 5.82 Å². The third kappa shape index (κ3) is 3.14. The van der Waals surface area contributed by atoms with Crippen molar-refractivity contribution in [2.45, 2.75) is 0 Å². The molecule has 0 bridgehead atoms. The first-order chi connectivity index (χ1) is 11.2. The van der Waals surface area contributed by atoms with Crippen molar-refractivity contribution in [3.8, 4) is 5.75 Å². The number of benzene rings is 2. The van der Waals surface area contributed by atoms with E-state index in [0.717, 1.165) is 27.4 Å². The zero-order valence-electron chi connectivity index (χ0n) is 12.4. The second kappa shape index (κ2) is 6.45. The predicted molar refractivity (Wildman–Crippen MR) is 94.7 cm³/mol. The Kier molecular flexibility index (Phi) is 4.20. The van der Waals surface area contributed by atoms with E-state index in [1.807, 2.05) is 54.6 Å². The van der Waals surface area contributed by atoms with Gasteiger partial charge in [-0.25, -0.2) is 0 Å². The van der Waals surface area contributed by atoms with Gasteiger partial charge in [-0.1, -0.05) is 41.7 Å². The van der Waals surface area contributed by atoms with Crippen molar-refractivity contribution in [2.24, 2.45) is 0 Å². The van der Waals surface area contributed by atoms with E-state index in [0.29, 0.717) is 16.6 Å². The molecule has 0 aliphatic carbocycles. The molecule has 0 radical (unpaired) electrons. The fourth-order valence-electron chi connectivity index (χ4n) is 2.12. The number of ether oxygens (including phenoxy) is 1. The van der Waals surface area contributed by atoms with Crippen molar-refractivity contribution < 1.29 is 4.74 Å².